The number of amides is 1. The van der Waals surface area contributed by atoms with Crippen molar-refractivity contribution in [2.45, 2.75) is 56.6 Å². The number of nitrogens with zero attached hydrogens (tertiary/aromatic N) is 2. The van der Waals surface area contributed by atoms with E-state index in [4.69, 9.17) is 4.74 Å². The zero-order valence-corrected chi connectivity index (χ0v) is 19.3. The highest BCUT2D eigenvalue weighted by Crippen LogP contribution is 2.27. The molecule has 1 aromatic heterocycles. The molecule has 1 atom stereocenters. The standard InChI is InChI=1S/C21H29N3O5S2/c1-2-9-24-18-6-5-17(13-19(18)30-21(24)26)31(27,28)23-10-7-15(8-11-23)20(25)22-14-16-4-3-12-29-16/h5-6,13,15-16H,2-4,7-12,14H2,1H3,(H,22,25). The molecule has 0 radical (unpaired) electrons. The quantitative estimate of drug-likeness (QED) is 0.673. The van der Waals surface area contributed by atoms with Crippen LogP contribution in [-0.2, 0) is 26.1 Å². The molecule has 3 heterocycles. The number of rotatable bonds is 7. The molecule has 0 bridgehead atoms. The summed E-state index contributed by atoms with van der Waals surface area (Å²) in [4.78, 5) is 24.8. The summed E-state index contributed by atoms with van der Waals surface area (Å²) >= 11 is 1.08. The van der Waals surface area contributed by atoms with Crippen LogP contribution in [-0.4, -0.2) is 55.5 Å². The second-order valence-electron chi connectivity index (χ2n) is 8.21. The van der Waals surface area contributed by atoms with Gasteiger partial charge >= 0.3 is 4.87 Å². The second-order valence-corrected chi connectivity index (χ2v) is 11.1. The van der Waals surface area contributed by atoms with E-state index >= 15 is 0 Å². The molecular formula is C21H29N3O5S2. The zero-order valence-electron chi connectivity index (χ0n) is 17.7. The Kier molecular flexibility index (Phi) is 6.80. The van der Waals surface area contributed by atoms with E-state index in [-0.39, 0.29) is 27.7 Å². The zero-order chi connectivity index (χ0) is 22.0. The molecule has 1 N–H and O–H groups in total. The first-order valence-electron chi connectivity index (χ1n) is 10.9. The van der Waals surface area contributed by atoms with E-state index in [0.29, 0.717) is 43.7 Å². The lowest BCUT2D eigenvalue weighted by Crippen LogP contribution is -2.44. The highest BCUT2D eigenvalue weighted by atomic mass is 32.2. The molecule has 4 rings (SSSR count). The maximum absolute atomic E-state index is 13.2. The number of ether oxygens (including phenoxy) is 1. The third kappa shape index (κ3) is 4.72. The van der Waals surface area contributed by atoms with E-state index in [2.05, 4.69) is 5.32 Å². The lowest BCUT2D eigenvalue weighted by molar-refractivity contribution is -0.126. The molecule has 1 aromatic carbocycles. The van der Waals surface area contributed by atoms with Gasteiger partial charge in [0.1, 0.15) is 0 Å². The number of hydrogen-bond acceptors (Lipinski definition) is 6. The number of piperidine rings is 1. The number of sulfonamides is 1. The number of benzene rings is 1. The molecule has 31 heavy (non-hydrogen) atoms. The van der Waals surface area contributed by atoms with Gasteiger partial charge in [0.15, 0.2) is 0 Å². The van der Waals surface area contributed by atoms with Crippen LogP contribution in [0.2, 0.25) is 0 Å². The van der Waals surface area contributed by atoms with Gasteiger partial charge < -0.3 is 10.1 Å². The SMILES string of the molecule is CCCn1c(=O)sc2cc(S(=O)(=O)N3CCC(C(=O)NCC4CCCO4)CC3)ccc21. The van der Waals surface area contributed by atoms with Gasteiger partial charge in [0, 0.05) is 38.7 Å². The monoisotopic (exact) mass is 467 g/mol. The number of nitrogens with one attached hydrogen (secondary N) is 1. The smallest absolute Gasteiger partial charge is 0.308 e. The van der Waals surface area contributed by atoms with Crippen molar-refractivity contribution < 1.29 is 17.9 Å². The summed E-state index contributed by atoms with van der Waals surface area (Å²) in [6, 6.07) is 4.90. The van der Waals surface area contributed by atoms with Crippen molar-refractivity contribution in [1.82, 2.24) is 14.2 Å². The highest BCUT2D eigenvalue weighted by Gasteiger charge is 2.32. The van der Waals surface area contributed by atoms with Crippen LogP contribution in [0.3, 0.4) is 0 Å². The Hall–Kier alpha value is -1.75. The summed E-state index contributed by atoms with van der Waals surface area (Å²) < 4.78 is 35.7. The van der Waals surface area contributed by atoms with E-state index in [9.17, 15) is 18.0 Å². The van der Waals surface area contributed by atoms with Gasteiger partial charge in [-0.1, -0.05) is 18.3 Å². The maximum atomic E-state index is 13.2. The molecular weight excluding hydrogens is 438 g/mol. The van der Waals surface area contributed by atoms with E-state index in [1.54, 1.807) is 22.8 Å². The van der Waals surface area contributed by atoms with Crippen molar-refractivity contribution in [3.63, 3.8) is 0 Å². The van der Waals surface area contributed by atoms with Gasteiger partial charge in [0.25, 0.3) is 0 Å². The van der Waals surface area contributed by atoms with E-state index in [1.165, 1.54) is 4.31 Å². The molecule has 0 aliphatic carbocycles. The molecule has 170 valence electrons. The first kappa shape index (κ1) is 22.4. The van der Waals surface area contributed by atoms with Gasteiger partial charge in [-0.05, 0) is 50.3 Å². The summed E-state index contributed by atoms with van der Waals surface area (Å²) in [6.45, 7) is 4.52. The van der Waals surface area contributed by atoms with Crippen LogP contribution in [0.4, 0.5) is 0 Å². The topological polar surface area (TPSA) is 97.7 Å². The summed E-state index contributed by atoms with van der Waals surface area (Å²) in [5, 5.41) is 2.96. The minimum Gasteiger partial charge on any atom is -0.376 e. The van der Waals surface area contributed by atoms with Crippen LogP contribution in [0.5, 0.6) is 0 Å². The van der Waals surface area contributed by atoms with Gasteiger partial charge in [-0.2, -0.15) is 4.31 Å². The lowest BCUT2D eigenvalue weighted by Gasteiger charge is -2.30. The third-order valence-corrected chi connectivity index (χ3v) is 8.91. The first-order valence-corrected chi connectivity index (χ1v) is 13.2. The number of aromatic nitrogens is 1. The van der Waals surface area contributed by atoms with E-state index in [1.807, 2.05) is 6.92 Å². The Morgan fingerprint density at radius 3 is 2.71 bits per heavy atom. The van der Waals surface area contributed by atoms with Crippen LogP contribution in [0, 0.1) is 5.92 Å². The van der Waals surface area contributed by atoms with Crippen molar-refractivity contribution in [2.75, 3.05) is 26.2 Å². The van der Waals surface area contributed by atoms with E-state index < -0.39 is 10.0 Å². The molecule has 0 spiro atoms. The fourth-order valence-corrected chi connectivity index (χ4v) is 6.84. The minimum atomic E-state index is -3.67. The van der Waals surface area contributed by atoms with Gasteiger partial charge in [0.2, 0.25) is 15.9 Å². The van der Waals surface area contributed by atoms with Crippen LogP contribution in [0.15, 0.2) is 27.9 Å². The summed E-state index contributed by atoms with van der Waals surface area (Å²) in [5.74, 6) is -0.195. The number of hydrogen-bond donors (Lipinski definition) is 1. The Morgan fingerprint density at radius 1 is 1.26 bits per heavy atom. The van der Waals surface area contributed by atoms with Crippen LogP contribution >= 0.6 is 11.3 Å². The van der Waals surface area contributed by atoms with Crippen LogP contribution < -0.4 is 10.2 Å². The molecule has 2 aromatic rings. The Labute approximate surface area is 186 Å². The van der Waals surface area contributed by atoms with Crippen LogP contribution in [0.25, 0.3) is 10.2 Å². The van der Waals surface area contributed by atoms with Gasteiger partial charge in [-0.25, -0.2) is 8.42 Å². The third-order valence-electron chi connectivity index (χ3n) is 6.08. The predicted molar refractivity (Wildman–Crippen MR) is 120 cm³/mol. The number of carbonyl (C=O) groups is 1. The molecule has 2 fully saturated rings. The van der Waals surface area contributed by atoms with Crippen molar-refractivity contribution in [3.8, 4) is 0 Å². The molecule has 1 amide bonds. The average molecular weight is 468 g/mol. The molecule has 1 unspecified atom stereocenters. The maximum Gasteiger partial charge on any atom is 0.308 e. The Bertz CT molecular complexity index is 1090. The Balaban J connectivity index is 1.40. The highest BCUT2D eigenvalue weighted by molar-refractivity contribution is 7.89. The van der Waals surface area contributed by atoms with Crippen molar-refractivity contribution in [1.29, 1.82) is 0 Å². The van der Waals surface area contributed by atoms with Crippen molar-refractivity contribution in [3.05, 3.63) is 27.9 Å². The number of aryl methyl sites for hydroxylation is 1. The number of carbonyl (C=O) groups excluding carboxylic acids is 1. The normalized spacial score (nSPS) is 21.0. The van der Waals surface area contributed by atoms with E-state index in [0.717, 1.165) is 42.7 Å². The second kappa shape index (κ2) is 9.40. The Morgan fingerprint density at radius 2 is 2.03 bits per heavy atom. The molecule has 2 saturated heterocycles. The van der Waals surface area contributed by atoms with Gasteiger partial charge in [0.05, 0.1) is 21.2 Å². The largest absolute Gasteiger partial charge is 0.376 e. The summed E-state index contributed by atoms with van der Waals surface area (Å²) in [5.41, 5.74) is 0.775. The lowest BCUT2D eigenvalue weighted by atomic mass is 9.97. The molecule has 2 aliphatic heterocycles. The minimum absolute atomic E-state index is 0.0176. The molecule has 2 aliphatic rings. The number of fused-ring (bicyclic) bond motifs is 1. The number of thiazole rings is 1. The molecule has 10 heteroatoms. The average Bonchev–Trinajstić information content (AvgIpc) is 3.40. The first-order chi connectivity index (χ1) is 14.9. The summed E-state index contributed by atoms with van der Waals surface area (Å²) in [7, 11) is -3.67. The van der Waals surface area contributed by atoms with Gasteiger partial charge in [-0.3, -0.25) is 14.2 Å². The van der Waals surface area contributed by atoms with Crippen LogP contribution in [0.1, 0.15) is 39.0 Å². The fourth-order valence-electron chi connectivity index (χ4n) is 4.31. The summed E-state index contributed by atoms with van der Waals surface area (Å²) in [6.07, 6.45) is 3.93. The predicted octanol–water partition coefficient (Wildman–Crippen LogP) is 2.17. The molecule has 8 nitrogen and oxygen atoms in total. The van der Waals surface area contributed by atoms with Crippen molar-refractivity contribution in [2.24, 2.45) is 5.92 Å². The fraction of sp³-hybridized carbons (Fsp3) is 0.619. The van der Waals surface area contributed by atoms with Crippen molar-refractivity contribution >= 4 is 37.5 Å². The van der Waals surface area contributed by atoms with Gasteiger partial charge in [-0.15, -0.1) is 0 Å². The molecule has 0 saturated carbocycles.